The third kappa shape index (κ3) is 5.27. The summed E-state index contributed by atoms with van der Waals surface area (Å²) in [5.74, 6) is 0.274. The molecule has 156 valence electrons. The van der Waals surface area contributed by atoms with Crippen LogP contribution >= 0.6 is 15.9 Å². The molecule has 1 N–H and O–H groups in total. The first-order chi connectivity index (χ1) is 14.3. The molecule has 3 aromatic rings. The van der Waals surface area contributed by atoms with Crippen LogP contribution in [0.5, 0.6) is 5.75 Å². The zero-order valence-electron chi connectivity index (χ0n) is 16.5. The SMILES string of the molecule is CN(C)S(=O)(=O)c1cc(C(=O)Nc2ccc(OCc3ccccc3)cc2)ccc1Br. The van der Waals surface area contributed by atoms with Crippen molar-refractivity contribution >= 4 is 37.5 Å². The third-order valence-corrected chi connectivity index (χ3v) is 7.12. The van der Waals surface area contributed by atoms with Crippen molar-refractivity contribution in [2.45, 2.75) is 11.5 Å². The lowest BCUT2D eigenvalue weighted by Gasteiger charge is -2.14. The van der Waals surface area contributed by atoms with E-state index in [1.807, 2.05) is 30.3 Å². The van der Waals surface area contributed by atoms with Gasteiger partial charge in [-0.15, -0.1) is 0 Å². The zero-order chi connectivity index (χ0) is 21.7. The van der Waals surface area contributed by atoms with Crippen LogP contribution in [-0.2, 0) is 16.6 Å². The number of hydrogen-bond acceptors (Lipinski definition) is 4. The number of halogens is 1. The summed E-state index contributed by atoms with van der Waals surface area (Å²) in [5.41, 5.74) is 1.88. The Morgan fingerprint density at radius 3 is 2.30 bits per heavy atom. The first-order valence-electron chi connectivity index (χ1n) is 9.07. The topological polar surface area (TPSA) is 75.7 Å². The lowest BCUT2D eigenvalue weighted by Crippen LogP contribution is -2.23. The summed E-state index contributed by atoms with van der Waals surface area (Å²) in [6, 6.07) is 21.3. The van der Waals surface area contributed by atoms with Crippen molar-refractivity contribution in [3.8, 4) is 5.75 Å². The van der Waals surface area contributed by atoms with Crippen LogP contribution in [0.1, 0.15) is 15.9 Å². The van der Waals surface area contributed by atoms with E-state index in [0.29, 0.717) is 22.5 Å². The molecule has 0 aliphatic heterocycles. The number of carbonyl (C=O) groups is 1. The van der Waals surface area contributed by atoms with Gasteiger partial charge in [-0.2, -0.15) is 0 Å². The van der Waals surface area contributed by atoms with Crippen molar-refractivity contribution in [3.63, 3.8) is 0 Å². The number of nitrogens with one attached hydrogen (secondary N) is 1. The Morgan fingerprint density at radius 1 is 1.00 bits per heavy atom. The van der Waals surface area contributed by atoms with Crippen molar-refractivity contribution in [1.82, 2.24) is 4.31 Å². The van der Waals surface area contributed by atoms with Gasteiger partial charge in [0.2, 0.25) is 10.0 Å². The number of amides is 1. The lowest BCUT2D eigenvalue weighted by molar-refractivity contribution is 0.102. The molecule has 0 aliphatic carbocycles. The van der Waals surface area contributed by atoms with Crippen molar-refractivity contribution in [2.24, 2.45) is 0 Å². The van der Waals surface area contributed by atoms with Gasteiger partial charge in [0.25, 0.3) is 5.91 Å². The highest BCUT2D eigenvalue weighted by Gasteiger charge is 2.22. The number of anilines is 1. The van der Waals surface area contributed by atoms with Crippen molar-refractivity contribution in [3.05, 3.63) is 88.4 Å². The average molecular weight is 489 g/mol. The molecule has 0 aliphatic rings. The summed E-state index contributed by atoms with van der Waals surface area (Å²) in [4.78, 5) is 12.6. The standard InChI is InChI=1S/C22H21BrN2O4S/c1-25(2)30(27,28)21-14-17(8-13-20(21)23)22(26)24-18-9-11-19(12-10-18)29-15-16-6-4-3-5-7-16/h3-14H,15H2,1-2H3,(H,24,26). The first kappa shape index (κ1) is 22.0. The minimum Gasteiger partial charge on any atom is -0.489 e. The predicted molar refractivity (Wildman–Crippen MR) is 120 cm³/mol. The van der Waals surface area contributed by atoms with Gasteiger partial charge in [0.15, 0.2) is 0 Å². The number of ether oxygens (including phenoxy) is 1. The van der Waals surface area contributed by atoms with Crippen molar-refractivity contribution in [2.75, 3.05) is 19.4 Å². The Bertz CT molecular complexity index is 1130. The molecule has 0 bridgehead atoms. The number of nitrogens with zero attached hydrogens (tertiary/aromatic N) is 1. The van der Waals surface area contributed by atoms with Crippen LogP contribution < -0.4 is 10.1 Å². The first-order valence-corrected chi connectivity index (χ1v) is 11.3. The Kier molecular flexibility index (Phi) is 6.91. The molecule has 0 radical (unpaired) electrons. The molecule has 0 aromatic heterocycles. The van der Waals surface area contributed by atoms with E-state index < -0.39 is 15.9 Å². The molecule has 6 nitrogen and oxygen atoms in total. The number of hydrogen-bond donors (Lipinski definition) is 1. The van der Waals surface area contributed by atoms with Gasteiger partial charge in [0.05, 0.1) is 4.90 Å². The number of sulfonamides is 1. The average Bonchev–Trinajstić information content (AvgIpc) is 2.74. The maximum atomic E-state index is 12.6. The van der Waals surface area contributed by atoms with Gasteiger partial charge < -0.3 is 10.1 Å². The number of carbonyl (C=O) groups excluding carboxylic acids is 1. The summed E-state index contributed by atoms with van der Waals surface area (Å²) in [6.45, 7) is 0.453. The Morgan fingerprint density at radius 2 is 1.67 bits per heavy atom. The Balaban J connectivity index is 1.69. The Labute approximate surface area is 184 Å². The minimum atomic E-state index is -3.68. The summed E-state index contributed by atoms with van der Waals surface area (Å²) >= 11 is 3.24. The molecule has 0 spiro atoms. The summed E-state index contributed by atoms with van der Waals surface area (Å²) in [5, 5.41) is 2.77. The highest BCUT2D eigenvalue weighted by atomic mass is 79.9. The van der Waals surface area contributed by atoms with Crippen LogP contribution in [0.3, 0.4) is 0 Å². The van der Waals surface area contributed by atoms with Crippen molar-refractivity contribution in [1.29, 1.82) is 0 Å². The van der Waals surface area contributed by atoms with E-state index in [2.05, 4.69) is 21.2 Å². The molecule has 0 saturated heterocycles. The van der Waals surface area contributed by atoms with Gasteiger partial charge in [-0.3, -0.25) is 4.79 Å². The van der Waals surface area contributed by atoms with E-state index in [1.54, 1.807) is 36.4 Å². The fraction of sp³-hybridized carbons (Fsp3) is 0.136. The molecule has 3 rings (SSSR count). The minimum absolute atomic E-state index is 0.0322. The number of rotatable bonds is 7. The highest BCUT2D eigenvalue weighted by Crippen LogP contribution is 2.26. The van der Waals surface area contributed by atoms with Gasteiger partial charge in [0.1, 0.15) is 12.4 Å². The van der Waals surface area contributed by atoms with E-state index in [4.69, 9.17) is 4.74 Å². The Hall–Kier alpha value is -2.68. The fourth-order valence-corrected chi connectivity index (χ4v) is 4.46. The zero-order valence-corrected chi connectivity index (χ0v) is 18.9. The van der Waals surface area contributed by atoms with Crippen LogP contribution in [0.4, 0.5) is 5.69 Å². The van der Waals surface area contributed by atoms with Crippen LogP contribution in [-0.4, -0.2) is 32.7 Å². The molecule has 30 heavy (non-hydrogen) atoms. The van der Waals surface area contributed by atoms with Crippen LogP contribution in [0.2, 0.25) is 0 Å². The van der Waals surface area contributed by atoms with Gasteiger partial charge >= 0.3 is 0 Å². The molecule has 3 aromatic carbocycles. The third-order valence-electron chi connectivity index (χ3n) is 4.31. The van der Waals surface area contributed by atoms with Gasteiger partial charge in [-0.25, -0.2) is 12.7 Å². The molecule has 1 amide bonds. The second kappa shape index (κ2) is 9.42. The lowest BCUT2D eigenvalue weighted by atomic mass is 10.2. The number of benzene rings is 3. The van der Waals surface area contributed by atoms with Crippen LogP contribution in [0, 0.1) is 0 Å². The molecule has 8 heteroatoms. The molecule has 0 atom stereocenters. The maximum Gasteiger partial charge on any atom is 0.255 e. The molecule has 0 unspecified atom stereocenters. The summed E-state index contributed by atoms with van der Waals surface area (Å²) < 4.78 is 32.1. The fourth-order valence-electron chi connectivity index (χ4n) is 2.62. The second-order valence-corrected chi connectivity index (χ2v) is 9.66. The predicted octanol–water partition coefficient (Wildman–Crippen LogP) is 4.53. The molecular formula is C22H21BrN2O4S. The second-order valence-electron chi connectivity index (χ2n) is 6.69. The summed E-state index contributed by atoms with van der Waals surface area (Å²) in [7, 11) is -0.801. The quantitative estimate of drug-likeness (QED) is 0.529. The molecule has 0 fully saturated rings. The molecule has 0 saturated carbocycles. The van der Waals surface area contributed by atoms with Gasteiger partial charge in [0, 0.05) is 29.8 Å². The van der Waals surface area contributed by atoms with Gasteiger partial charge in [-0.1, -0.05) is 30.3 Å². The largest absolute Gasteiger partial charge is 0.489 e. The normalized spacial score (nSPS) is 11.3. The van der Waals surface area contributed by atoms with Crippen LogP contribution in [0.25, 0.3) is 0 Å². The van der Waals surface area contributed by atoms with E-state index in [-0.39, 0.29) is 10.5 Å². The van der Waals surface area contributed by atoms with E-state index in [0.717, 1.165) is 9.87 Å². The highest BCUT2D eigenvalue weighted by molar-refractivity contribution is 9.10. The molecule has 0 heterocycles. The van der Waals surface area contributed by atoms with Crippen LogP contribution in [0.15, 0.2) is 82.2 Å². The van der Waals surface area contributed by atoms with Crippen molar-refractivity contribution < 1.29 is 17.9 Å². The molecular weight excluding hydrogens is 468 g/mol. The monoisotopic (exact) mass is 488 g/mol. The van der Waals surface area contributed by atoms with E-state index in [1.165, 1.54) is 20.2 Å². The smallest absolute Gasteiger partial charge is 0.255 e. The van der Waals surface area contributed by atoms with E-state index >= 15 is 0 Å². The summed E-state index contributed by atoms with van der Waals surface area (Å²) in [6.07, 6.45) is 0. The van der Waals surface area contributed by atoms with Gasteiger partial charge in [-0.05, 0) is 64.0 Å². The maximum absolute atomic E-state index is 12.6. The van der Waals surface area contributed by atoms with E-state index in [9.17, 15) is 13.2 Å².